The number of piperazine rings is 1. The molecule has 140 valence electrons. The Hall–Kier alpha value is -2.77. The van der Waals surface area contributed by atoms with Crippen molar-refractivity contribution in [2.45, 2.75) is 6.04 Å². The van der Waals surface area contributed by atoms with E-state index in [0.717, 1.165) is 10.5 Å². The lowest BCUT2D eigenvalue weighted by Crippen LogP contribution is -2.52. The standard InChI is InChI=1S/C19H18N4O3.ClH/c24-17(12-23-18(25)14-5-1-2-6-15(14)19(23)26)22-9-8-21-11-16(22)13-4-3-7-20-10-13;/h1-7,10,16,21H,8-9,11-12H2;1H. The molecule has 1 unspecified atom stereocenters. The average Bonchev–Trinajstić information content (AvgIpc) is 2.94. The highest BCUT2D eigenvalue weighted by molar-refractivity contribution is 6.22. The molecule has 8 heteroatoms. The summed E-state index contributed by atoms with van der Waals surface area (Å²) in [4.78, 5) is 44.8. The van der Waals surface area contributed by atoms with Crippen molar-refractivity contribution in [3.8, 4) is 0 Å². The first-order chi connectivity index (χ1) is 12.7. The Bertz CT molecular complexity index is 839. The van der Waals surface area contributed by atoms with Gasteiger partial charge in [0.1, 0.15) is 6.54 Å². The van der Waals surface area contributed by atoms with Crippen LogP contribution in [0, 0.1) is 0 Å². The number of amides is 3. The maximum Gasteiger partial charge on any atom is 0.262 e. The van der Waals surface area contributed by atoms with E-state index in [4.69, 9.17) is 0 Å². The molecule has 2 aromatic rings. The molecule has 2 aliphatic heterocycles. The lowest BCUT2D eigenvalue weighted by atomic mass is 10.1. The fourth-order valence-electron chi connectivity index (χ4n) is 3.48. The number of rotatable bonds is 3. The van der Waals surface area contributed by atoms with E-state index in [-0.39, 0.29) is 30.9 Å². The number of benzene rings is 1. The molecule has 4 rings (SSSR count). The minimum absolute atomic E-state index is 0. The highest BCUT2D eigenvalue weighted by atomic mass is 35.5. The predicted molar refractivity (Wildman–Crippen MR) is 101 cm³/mol. The Kier molecular flexibility index (Phi) is 5.53. The number of pyridine rings is 1. The minimum atomic E-state index is -0.410. The van der Waals surface area contributed by atoms with E-state index in [9.17, 15) is 14.4 Å². The van der Waals surface area contributed by atoms with E-state index in [2.05, 4.69) is 10.3 Å². The van der Waals surface area contributed by atoms with Gasteiger partial charge < -0.3 is 10.2 Å². The van der Waals surface area contributed by atoms with Crippen LogP contribution in [0.4, 0.5) is 0 Å². The van der Waals surface area contributed by atoms with Crippen molar-refractivity contribution in [1.29, 1.82) is 0 Å². The Morgan fingerprint density at radius 3 is 2.44 bits per heavy atom. The second kappa shape index (κ2) is 7.85. The largest absolute Gasteiger partial charge is 0.331 e. The first-order valence-corrected chi connectivity index (χ1v) is 8.52. The van der Waals surface area contributed by atoms with Gasteiger partial charge in [0, 0.05) is 32.0 Å². The summed E-state index contributed by atoms with van der Waals surface area (Å²) in [6, 6.07) is 10.2. The van der Waals surface area contributed by atoms with Crippen molar-refractivity contribution in [2.75, 3.05) is 26.2 Å². The zero-order valence-corrected chi connectivity index (χ0v) is 15.3. The molecule has 2 aliphatic rings. The van der Waals surface area contributed by atoms with Crippen LogP contribution in [-0.4, -0.2) is 58.7 Å². The van der Waals surface area contributed by atoms with Crippen LogP contribution in [0.25, 0.3) is 0 Å². The van der Waals surface area contributed by atoms with Gasteiger partial charge >= 0.3 is 0 Å². The number of hydrogen-bond acceptors (Lipinski definition) is 5. The average molecular weight is 387 g/mol. The first-order valence-electron chi connectivity index (χ1n) is 8.52. The van der Waals surface area contributed by atoms with Gasteiger partial charge in [0.25, 0.3) is 11.8 Å². The van der Waals surface area contributed by atoms with Gasteiger partial charge in [0.15, 0.2) is 0 Å². The fourth-order valence-corrected chi connectivity index (χ4v) is 3.48. The number of carbonyl (C=O) groups excluding carboxylic acids is 3. The number of hydrogen-bond donors (Lipinski definition) is 1. The molecule has 0 radical (unpaired) electrons. The maximum atomic E-state index is 12.9. The summed E-state index contributed by atoms with van der Waals surface area (Å²) >= 11 is 0. The Morgan fingerprint density at radius 1 is 1.11 bits per heavy atom. The second-order valence-electron chi connectivity index (χ2n) is 6.34. The molecule has 0 aliphatic carbocycles. The van der Waals surface area contributed by atoms with Crippen LogP contribution < -0.4 is 5.32 Å². The molecule has 0 spiro atoms. The van der Waals surface area contributed by atoms with E-state index in [1.54, 1.807) is 41.6 Å². The van der Waals surface area contributed by atoms with Crippen LogP contribution in [-0.2, 0) is 4.79 Å². The molecule has 0 bridgehead atoms. The fraction of sp³-hybridized carbons (Fsp3) is 0.263. The van der Waals surface area contributed by atoms with Crippen LogP contribution in [0.3, 0.4) is 0 Å². The van der Waals surface area contributed by atoms with Crippen molar-refractivity contribution in [2.24, 2.45) is 0 Å². The summed E-state index contributed by atoms with van der Waals surface area (Å²) in [6.45, 7) is 1.55. The molecule has 1 fully saturated rings. The molecule has 1 aromatic heterocycles. The van der Waals surface area contributed by atoms with Gasteiger partial charge in [-0.15, -0.1) is 12.4 Å². The van der Waals surface area contributed by atoms with E-state index in [1.165, 1.54) is 0 Å². The van der Waals surface area contributed by atoms with Gasteiger partial charge in [-0.3, -0.25) is 24.3 Å². The van der Waals surface area contributed by atoms with Gasteiger partial charge in [0.2, 0.25) is 5.91 Å². The molecular weight excluding hydrogens is 368 g/mol. The monoisotopic (exact) mass is 386 g/mol. The van der Waals surface area contributed by atoms with Crippen molar-refractivity contribution < 1.29 is 14.4 Å². The van der Waals surface area contributed by atoms with Gasteiger partial charge in [0.05, 0.1) is 17.2 Å². The molecule has 3 heterocycles. The van der Waals surface area contributed by atoms with Gasteiger partial charge in [-0.2, -0.15) is 0 Å². The van der Waals surface area contributed by atoms with Crippen molar-refractivity contribution >= 4 is 30.1 Å². The third-order valence-electron chi connectivity index (χ3n) is 4.80. The normalized spacial score (nSPS) is 18.9. The molecule has 7 nitrogen and oxygen atoms in total. The lowest BCUT2D eigenvalue weighted by Gasteiger charge is -2.37. The maximum absolute atomic E-state index is 12.9. The van der Waals surface area contributed by atoms with E-state index in [1.807, 2.05) is 12.1 Å². The zero-order chi connectivity index (χ0) is 18.1. The molecule has 1 N–H and O–H groups in total. The summed E-state index contributed by atoms with van der Waals surface area (Å²) in [5, 5.41) is 3.27. The van der Waals surface area contributed by atoms with Crippen LogP contribution in [0.2, 0.25) is 0 Å². The number of fused-ring (bicyclic) bond motifs is 1. The molecule has 1 aromatic carbocycles. The molecule has 27 heavy (non-hydrogen) atoms. The van der Waals surface area contributed by atoms with Gasteiger partial charge in [-0.25, -0.2) is 0 Å². The molecular formula is C19H19ClN4O3. The number of imide groups is 1. The molecule has 1 saturated heterocycles. The van der Waals surface area contributed by atoms with Crippen LogP contribution in [0.15, 0.2) is 48.8 Å². The SMILES string of the molecule is Cl.O=C1c2ccccc2C(=O)N1CC(=O)N1CCNCC1c1cccnc1. The van der Waals surface area contributed by atoms with Crippen LogP contribution >= 0.6 is 12.4 Å². The highest BCUT2D eigenvalue weighted by Gasteiger charge is 2.38. The Morgan fingerprint density at radius 2 is 1.81 bits per heavy atom. The number of aromatic nitrogens is 1. The Balaban J connectivity index is 0.00000210. The number of nitrogens with zero attached hydrogens (tertiary/aromatic N) is 3. The number of carbonyl (C=O) groups is 3. The molecule has 0 saturated carbocycles. The summed E-state index contributed by atoms with van der Waals surface area (Å²) in [5.41, 5.74) is 1.64. The zero-order valence-electron chi connectivity index (χ0n) is 14.5. The van der Waals surface area contributed by atoms with Gasteiger partial charge in [-0.1, -0.05) is 18.2 Å². The van der Waals surface area contributed by atoms with Crippen LogP contribution in [0.5, 0.6) is 0 Å². The quantitative estimate of drug-likeness (QED) is 0.803. The molecule has 1 atom stereocenters. The number of halogens is 1. The van der Waals surface area contributed by atoms with E-state index < -0.39 is 11.8 Å². The minimum Gasteiger partial charge on any atom is -0.331 e. The second-order valence-corrected chi connectivity index (χ2v) is 6.34. The summed E-state index contributed by atoms with van der Waals surface area (Å²) in [5.74, 6) is -1.06. The summed E-state index contributed by atoms with van der Waals surface area (Å²) in [6.07, 6.45) is 3.42. The lowest BCUT2D eigenvalue weighted by molar-refractivity contribution is -0.134. The van der Waals surface area contributed by atoms with Crippen molar-refractivity contribution in [3.63, 3.8) is 0 Å². The third-order valence-corrected chi connectivity index (χ3v) is 4.80. The van der Waals surface area contributed by atoms with Crippen molar-refractivity contribution in [3.05, 3.63) is 65.5 Å². The first kappa shape index (κ1) is 19.0. The smallest absolute Gasteiger partial charge is 0.262 e. The van der Waals surface area contributed by atoms with E-state index in [0.29, 0.717) is 30.8 Å². The van der Waals surface area contributed by atoms with Crippen molar-refractivity contribution in [1.82, 2.24) is 20.1 Å². The molecule has 3 amide bonds. The number of nitrogens with one attached hydrogen (secondary N) is 1. The summed E-state index contributed by atoms with van der Waals surface area (Å²) in [7, 11) is 0. The third kappa shape index (κ3) is 3.43. The summed E-state index contributed by atoms with van der Waals surface area (Å²) < 4.78 is 0. The van der Waals surface area contributed by atoms with Crippen LogP contribution in [0.1, 0.15) is 32.3 Å². The topological polar surface area (TPSA) is 82.6 Å². The highest BCUT2D eigenvalue weighted by Crippen LogP contribution is 2.25. The Labute approximate surface area is 162 Å². The predicted octanol–water partition coefficient (Wildman–Crippen LogP) is 1.27. The van der Waals surface area contributed by atoms with Gasteiger partial charge in [-0.05, 0) is 23.8 Å². The van der Waals surface area contributed by atoms with E-state index >= 15 is 0 Å².